The molecule has 1 aromatic carbocycles. The monoisotopic (exact) mass is 298 g/mol. The van der Waals surface area contributed by atoms with E-state index < -0.39 is 0 Å². The summed E-state index contributed by atoms with van der Waals surface area (Å²) in [5.74, 6) is 0.475. The molecule has 3 rings (SSSR count). The van der Waals surface area contributed by atoms with E-state index in [-0.39, 0.29) is 0 Å². The Morgan fingerprint density at radius 3 is 3.07 bits per heavy atom. The fourth-order valence-electron chi connectivity index (χ4n) is 2.04. The van der Waals surface area contributed by atoms with E-state index in [2.05, 4.69) is 46.3 Å². The van der Waals surface area contributed by atoms with Gasteiger partial charge < -0.3 is 0 Å². The normalized spacial score (nSPS) is 27.2. The van der Waals surface area contributed by atoms with Crippen LogP contribution in [0.3, 0.4) is 0 Å². The maximum absolute atomic E-state index is 6.03. The van der Waals surface area contributed by atoms with Gasteiger partial charge in [0, 0.05) is 25.6 Å². The third-order valence-electron chi connectivity index (χ3n) is 2.73. The molecule has 0 saturated carbocycles. The van der Waals surface area contributed by atoms with Crippen molar-refractivity contribution in [1.82, 2.24) is 0 Å². The van der Waals surface area contributed by atoms with Crippen LogP contribution in [0.2, 0.25) is 5.02 Å². The van der Waals surface area contributed by atoms with Crippen LogP contribution in [-0.4, -0.2) is 5.25 Å². The van der Waals surface area contributed by atoms with Crippen molar-refractivity contribution in [2.45, 2.75) is 16.1 Å². The molecule has 0 fully saturated rings. The molecule has 15 heavy (non-hydrogen) atoms. The van der Waals surface area contributed by atoms with E-state index in [0.29, 0.717) is 11.2 Å². The Kier molecular flexibility index (Phi) is 2.46. The minimum atomic E-state index is 0.475. The summed E-state index contributed by atoms with van der Waals surface area (Å²) in [5.41, 5.74) is 1.36. The summed E-state index contributed by atoms with van der Waals surface area (Å²) in [5, 5.41) is 1.37. The molecule has 2 aliphatic rings. The van der Waals surface area contributed by atoms with Crippen LogP contribution in [0.15, 0.2) is 45.8 Å². The number of halogens is 2. The Morgan fingerprint density at radius 2 is 2.20 bits per heavy atom. The lowest BCUT2D eigenvalue weighted by Crippen LogP contribution is -2.07. The first-order chi connectivity index (χ1) is 7.24. The molecule has 0 N–H and O–H groups in total. The van der Waals surface area contributed by atoms with Gasteiger partial charge in [0.05, 0.1) is 0 Å². The van der Waals surface area contributed by atoms with Gasteiger partial charge in [0.1, 0.15) is 0 Å². The van der Waals surface area contributed by atoms with Crippen LogP contribution in [-0.2, 0) is 0 Å². The topological polar surface area (TPSA) is 0 Å². The number of benzene rings is 1. The Balaban J connectivity index is 2.11. The van der Waals surface area contributed by atoms with Gasteiger partial charge in [0.25, 0.3) is 0 Å². The first kappa shape index (κ1) is 10.0. The van der Waals surface area contributed by atoms with Gasteiger partial charge in [0.15, 0.2) is 0 Å². The molecule has 2 unspecified atom stereocenters. The Bertz CT molecular complexity index is 479. The minimum absolute atomic E-state index is 0.475. The summed E-state index contributed by atoms with van der Waals surface area (Å²) in [6.45, 7) is 0. The predicted molar refractivity (Wildman–Crippen MR) is 70.0 cm³/mol. The van der Waals surface area contributed by atoms with E-state index in [4.69, 9.17) is 11.6 Å². The van der Waals surface area contributed by atoms with Gasteiger partial charge in [-0.2, -0.15) is 0 Å². The molecule has 1 aromatic rings. The van der Waals surface area contributed by atoms with Crippen LogP contribution >= 0.6 is 39.3 Å². The first-order valence-corrected chi connectivity index (χ1v) is 6.81. The van der Waals surface area contributed by atoms with Crippen LogP contribution < -0.4 is 0 Å². The second-order valence-electron chi connectivity index (χ2n) is 3.70. The van der Waals surface area contributed by atoms with Crippen molar-refractivity contribution in [3.05, 3.63) is 51.5 Å². The molecule has 3 heteroatoms. The van der Waals surface area contributed by atoms with E-state index in [0.717, 1.165) is 9.51 Å². The van der Waals surface area contributed by atoms with Crippen molar-refractivity contribution in [3.63, 3.8) is 0 Å². The van der Waals surface area contributed by atoms with Crippen LogP contribution in [0.5, 0.6) is 0 Å². The number of hydrogen-bond donors (Lipinski definition) is 0. The molecule has 0 saturated heterocycles. The van der Waals surface area contributed by atoms with Gasteiger partial charge in [-0.05, 0) is 23.8 Å². The molecule has 0 bridgehead atoms. The summed E-state index contributed by atoms with van der Waals surface area (Å²) in [6, 6.07) is 6.17. The van der Waals surface area contributed by atoms with E-state index >= 15 is 0 Å². The number of thioether (sulfide) groups is 1. The van der Waals surface area contributed by atoms with Crippen LogP contribution in [0.1, 0.15) is 11.5 Å². The molecule has 2 atom stereocenters. The highest BCUT2D eigenvalue weighted by molar-refractivity contribution is 9.11. The van der Waals surface area contributed by atoms with Crippen molar-refractivity contribution < 1.29 is 0 Å². The van der Waals surface area contributed by atoms with Crippen molar-refractivity contribution >= 4 is 39.3 Å². The van der Waals surface area contributed by atoms with Crippen molar-refractivity contribution in [2.24, 2.45) is 0 Å². The van der Waals surface area contributed by atoms with E-state index in [1.807, 2.05) is 17.8 Å². The Morgan fingerprint density at radius 1 is 1.33 bits per heavy atom. The summed E-state index contributed by atoms with van der Waals surface area (Å²) in [7, 11) is 0. The fraction of sp³-hybridized carbons (Fsp3) is 0.167. The molecule has 1 aliphatic carbocycles. The molecule has 0 spiro atoms. The van der Waals surface area contributed by atoms with Gasteiger partial charge in [-0.3, -0.25) is 0 Å². The van der Waals surface area contributed by atoms with Gasteiger partial charge in [-0.15, -0.1) is 11.8 Å². The van der Waals surface area contributed by atoms with E-state index in [1.165, 1.54) is 10.5 Å². The molecule has 0 radical (unpaired) electrons. The van der Waals surface area contributed by atoms with E-state index in [1.54, 1.807) is 0 Å². The Labute approximate surface area is 107 Å². The minimum Gasteiger partial charge on any atom is -0.117 e. The molecule has 1 aliphatic heterocycles. The number of rotatable bonds is 0. The highest BCUT2D eigenvalue weighted by Crippen LogP contribution is 2.49. The number of allylic oxidation sites excluding steroid dienone is 3. The highest BCUT2D eigenvalue weighted by atomic mass is 79.9. The van der Waals surface area contributed by atoms with E-state index in [9.17, 15) is 0 Å². The maximum Gasteiger partial charge on any atom is 0.0409 e. The van der Waals surface area contributed by atoms with Gasteiger partial charge in [-0.1, -0.05) is 45.8 Å². The lowest BCUT2D eigenvalue weighted by Gasteiger charge is -2.16. The maximum atomic E-state index is 6.03. The van der Waals surface area contributed by atoms with Crippen molar-refractivity contribution in [3.8, 4) is 0 Å². The van der Waals surface area contributed by atoms with Gasteiger partial charge in [-0.25, -0.2) is 0 Å². The van der Waals surface area contributed by atoms with Crippen molar-refractivity contribution in [2.75, 3.05) is 0 Å². The fourth-order valence-corrected chi connectivity index (χ4v) is 3.96. The molecule has 0 aromatic heterocycles. The lowest BCUT2D eigenvalue weighted by atomic mass is 9.93. The quantitative estimate of drug-likeness (QED) is 0.666. The summed E-state index contributed by atoms with van der Waals surface area (Å²) < 4.78 is 1.16. The number of hydrogen-bond acceptors (Lipinski definition) is 1. The van der Waals surface area contributed by atoms with Crippen LogP contribution in [0.4, 0.5) is 0 Å². The third kappa shape index (κ3) is 1.69. The summed E-state index contributed by atoms with van der Waals surface area (Å²) in [6.07, 6.45) is 6.65. The van der Waals surface area contributed by atoms with Crippen LogP contribution in [0.25, 0.3) is 0 Å². The zero-order chi connectivity index (χ0) is 10.4. The highest BCUT2D eigenvalue weighted by Gasteiger charge is 2.31. The molecular weight excluding hydrogens is 292 g/mol. The van der Waals surface area contributed by atoms with Crippen LogP contribution in [0, 0.1) is 0 Å². The molecule has 0 amide bonds. The molecule has 76 valence electrons. The first-order valence-electron chi connectivity index (χ1n) is 4.76. The predicted octanol–water partition coefficient (Wildman–Crippen LogP) is 4.75. The lowest BCUT2D eigenvalue weighted by molar-refractivity contribution is 0.879. The van der Waals surface area contributed by atoms with Gasteiger partial charge >= 0.3 is 0 Å². The number of fused-ring (bicyclic) bond motifs is 3. The zero-order valence-corrected chi connectivity index (χ0v) is 10.9. The van der Waals surface area contributed by atoms with Crippen molar-refractivity contribution in [1.29, 1.82) is 0 Å². The third-order valence-corrected chi connectivity index (χ3v) is 4.84. The average Bonchev–Trinajstić information content (AvgIpc) is 2.56. The largest absolute Gasteiger partial charge is 0.117 e. The zero-order valence-electron chi connectivity index (χ0n) is 7.78. The van der Waals surface area contributed by atoms with Gasteiger partial charge in [0.2, 0.25) is 0 Å². The summed E-state index contributed by atoms with van der Waals surface area (Å²) in [4.78, 5) is 1.36. The molecule has 0 nitrogen and oxygen atoms in total. The standard InChI is InChI=1S/C12H8BrClS/c13-7-1-3-11-9(5-7)10-6-8(14)2-4-12(10)15-11/h1-6,9,11H. The molecule has 1 heterocycles. The molecular formula is C12H8BrClS. The Hall–Kier alpha value is -0.180. The average molecular weight is 300 g/mol. The smallest absolute Gasteiger partial charge is 0.0409 e. The summed E-state index contributed by atoms with van der Waals surface area (Å²) >= 11 is 11.5. The second kappa shape index (κ2) is 3.69. The second-order valence-corrected chi connectivity index (χ2v) is 6.27. The SMILES string of the molecule is Clc1ccc2c(c1)C1C=C(Br)C=CC1S2.